The number of hydrogen-bond donors (Lipinski definition) is 2. The van der Waals surface area contributed by atoms with Gasteiger partial charge in [0.1, 0.15) is 5.82 Å². The van der Waals surface area contributed by atoms with Gasteiger partial charge in [0.05, 0.1) is 30.5 Å². The first-order valence-corrected chi connectivity index (χ1v) is 10.3. The van der Waals surface area contributed by atoms with Crippen molar-refractivity contribution in [1.29, 1.82) is 0 Å². The lowest BCUT2D eigenvalue weighted by molar-refractivity contribution is 0.210. The molecule has 28 heavy (non-hydrogen) atoms. The molecular formula is C20H33N7O. The third-order valence-corrected chi connectivity index (χ3v) is 5.28. The Kier molecular flexibility index (Phi) is 6.72. The number of hydrogen-bond acceptors (Lipinski definition) is 4. The van der Waals surface area contributed by atoms with E-state index in [2.05, 4.69) is 57.1 Å². The molecule has 0 bridgehead atoms. The van der Waals surface area contributed by atoms with Gasteiger partial charge >= 0.3 is 6.03 Å². The van der Waals surface area contributed by atoms with E-state index in [0.29, 0.717) is 6.54 Å². The van der Waals surface area contributed by atoms with E-state index in [0.717, 1.165) is 37.7 Å². The number of aryl methyl sites for hydroxylation is 1. The predicted molar refractivity (Wildman–Crippen MR) is 109 cm³/mol. The van der Waals surface area contributed by atoms with Gasteiger partial charge in [-0.25, -0.2) is 9.78 Å². The summed E-state index contributed by atoms with van der Waals surface area (Å²) in [5, 5.41) is 10.6. The minimum absolute atomic E-state index is 0.137. The molecule has 0 aromatic carbocycles. The Morgan fingerprint density at radius 2 is 2.14 bits per heavy atom. The SMILES string of the molecule is CCCCN1CCn2nc(CNC(=O)N[C@H](c3nccn3C)C(C)C)cc2C1. The zero-order valence-electron chi connectivity index (χ0n) is 17.5. The smallest absolute Gasteiger partial charge is 0.315 e. The second-order valence-electron chi connectivity index (χ2n) is 7.92. The number of imidazole rings is 1. The highest BCUT2D eigenvalue weighted by Crippen LogP contribution is 2.19. The van der Waals surface area contributed by atoms with Crippen LogP contribution in [0.4, 0.5) is 4.79 Å². The fourth-order valence-corrected chi connectivity index (χ4v) is 3.61. The Bertz CT molecular complexity index is 779. The maximum atomic E-state index is 12.4. The molecule has 3 rings (SSSR count). The number of nitrogens with one attached hydrogen (secondary N) is 2. The Hall–Kier alpha value is -2.35. The summed E-state index contributed by atoms with van der Waals surface area (Å²) < 4.78 is 4.01. The molecule has 0 spiro atoms. The average molecular weight is 388 g/mol. The number of rotatable bonds is 8. The number of fused-ring (bicyclic) bond motifs is 1. The molecule has 2 aromatic rings. The lowest BCUT2D eigenvalue weighted by atomic mass is 10.0. The van der Waals surface area contributed by atoms with Crippen molar-refractivity contribution < 1.29 is 4.79 Å². The minimum atomic E-state index is -0.197. The number of carbonyl (C=O) groups excluding carboxylic acids is 1. The Balaban J connectivity index is 1.54. The van der Waals surface area contributed by atoms with E-state index in [-0.39, 0.29) is 18.0 Å². The molecule has 0 fully saturated rings. The summed E-state index contributed by atoms with van der Waals surface area (Å²) in [5.41, 5.74) is 2.13. The summed E-state index contributed by atoms with van der Waals surface area (Å²) in [6.45, 7) is 10.8. The predicted octanol–water partition coefficient (Wildman–Crippen LogP) is 2.43. The van der Waals surface area contributed by atoms with E-state index < -0.39 is 0 Å². The van der Waals surface area contributed by atoms with E-state index in [1.807, 2.05) is 17.8 Å². The van der Waals surface area contributed by atoms with E-state index in [9.17, 15) is 4.79 Å². The molecule has 2 aromatic heterocycles. The molecule has 1 atom stereocenters. The monoisotopic (exact) mass is 387 g/mol. The van der Waals surface area contributed by atoms with Crippen molar-refractivity contribution in [1.82, 2.24) is 34.9 Å². The Labute approximate surface area is 167 Å². The Morgan fingerprint density at radius 1 is 1.32 bits per heavy atom. The number of urea groups is 1. The topological polar surface area (TPSA) is 80.0 Å². The molecule has 8 nitrogen and oxygen atoms in total. The number of unbranched alkanes of at least 4 members (excludes halogenated alkanes) is 1. The number of amides is 2. The van der Waals surface area contributed by atoms with Crippen LogP contribution in [0.15, 0.2) is 18.5 Å². The van der Waals surface area contributed by atoms with E-state index in [4.69, 9.17) is 0 Å². The molecule has 0 saturated heterocycles. The van der Waals surface area contributed by atoms with E-state index in [1.54, 1.807) is 6.20 Å². The van der Waals surface area contributed by atoms with Gasteiger partial charge in [0, 0.05) is 32.5 Å². The van der Waals surface area contributed by atoms with E-state index >= 15 is 0 Å². The van der Waals surface area contributed by atoms with Crippen molar-refractivity contribution in [3.63, 3.8) is 0 Å². The maximum Gasteiger partial charge on any atom is 0.315 e. The first-order valence-electron chi connectivity index (χ1n) is 10.3. The third-order valence-electron chi connectivity index (χ3n) is 5.28. The minimum Gasteiger partial charge on any atom is -0.336 e. The van der Waals surface area contributed by atoms with Crippen LogP contribution in [0.1, 0.15) is 56.9 Å². The van der Waals surface area contributed by atoms with Crippen LogP contribution in [0.25, 0.3) is 0 Å². The van der Waals surface area contributed by atoms with Gasteiger partial charge < -0.3 is 15.2 Å². The van der Waals surface area contributed by atoms with Crippen LogP contribution in [0.3, 0.4) is 0 Å². The van der Waals surface area contributed by atoms with Gasteiger partial charge in [-0.3, -0.25) is 9.58 Å². The van der Waals surface area contributed by atoms with Crippen LogP contribution in [0, 0.1) is 5.92 Å². The number of aromatic nitrogens is 4. The first kappa shape index (κ1) is 20.4. The molecule has 0 saturated carbocycles. The van der Waals surface area contributed by atoms with Crippen molar-refractivity contribution in [2.75, 3.05) is 13.1 Å². The van der Waals surface area contributed by atoms with Crippen LogP contribution < -0.4 is 10.6 Å². The molecular weight excluding hydrogens is 354 g/mol. The van der Waals surface area contributed by atoms with Crippen molar-refractivity contribution in [2.24, 2.45) is 13.0 Å². The van der Waals surface area contributed by atoms with Crippen LogP contribution in [0.5, 0.6) is 0 Å². The zero-order chi connectivity index (χ0) is 20.1. The second-order valence-corrected chi connectivity index (χ2v) is 7.92. The second kappa shape index (κ2) is 9.23. The normalized spacial score (nSPS) is 15.5. The van der Waals surface area contributed by atoms with Crippen molar-refractivity contribution >= 4 is 6.03 Å². The number of nitrogens with zero attached hydrogens (tertiary/aromatic N) is 5. The van der Waals surface area contributed by atoms with Gasteiger partial charge in [0.2, 0.25) is 0 Å². The third kappa shape index (κ3) is 4.92. The fraction of sp³-hybridized carbons (Fsp3) is 0.650. The van der Waals surface area contributed by atoms with Gasteiger partial charge in [-0.15, -0.1) is 0 Å². The highest BCUT2D eigenvalue weighted by Gasteiger charge is 2.22. The summed E-state index contributed by atoms with van der Waals surface area (Å²) in [5.74, 6) is 1.09. The highest BCUT2D eigenvalue weighted by atomic mass is 16.2. The van der Waals surface area contributed by atoms with Gasteiger partial charge in [-0.2, -0.15) is 5.10 Å². The van der Waals surface area contributed by atoms with Gasteiger partial charge in [-0.1, -0.05) is 27.2 Å². The zero-order valence-corrected chi connectivity index (χ0v) is 17.5. The molecule has 1 aliphatic heterocycles. The summed E-state index contributed by atoms with van der Waals surface area (Å²) in [4.78, 5) is 19.3. The quantitative estimate of drug-likeness (QED) is 0.729. The van der Waals surface area contributed by atoms with E-state index in [1.165, 1.54) is 18.5 Å². The van der Waals surface area contributed by atoms with Crippen molar-refractivity contribution in [3.8, 4) is 0 Å². The van der Waals surface area contributed by atoms with Crippen LogP contribution in [0.2, 0.25) is 0 Å². The highest BCUT2D eigenvalue weighted by molar-refractivity contribution is 5.74. The average Bonchev–Trinajstić information content (AvgIpc) is 3.27. The summed E-state index contributed by atoms with van der Waals surface area (Å²) in [7, 11) is 1.94. The molecule has 0 unspecified atom stereocenters. The first-order chi connectivity index (χ1) is 13.5. The molecule has 0 radical (unpaired) electrons. The Morgan fingerprint density at radius 3 is 2.82 bits per heavy atom. The maximum absolute atomic E-state index is 12.4. The van der Waals surface area contributed by atoms with Crippen LogP contribution >= 0.6 is 0 Å². The molecule has 8 heteroatoms. The van der Waals surface area contributed by atoms with Crippen molar-refractivity contribution in [3.05, 3.63) is 35.7 Å². The standard InChI is InChI=1S/C20H33N7O/c1-5-6-8-26-10-11-27-17(14-26)12-16(24-27)13-22-20(28)23-18(15(2)3)19-21-7-9-25(19)4/h7,9,12,15,18H,5-6,8,10-11,13-14H2,1-4H3,(H2,22,23,28)/t18-/m0/s1. The lowest BCUT2D eigenvalue weighted by Gasteiger charge is -2.27. The van der Waals surface area contributed by atoms with Crippen LogP contribution in [-0.4, -0.2) is 43.4 Å². The van der Waals surface area contributed by atoms with Gasteiger partial charge in [0.15, 0.2) is 0 Å². The molecule has 3 heterocycles. The molecule has 154 valence electrons. The van der Waals surface area contributed by atoms with Gasteiger partial charge in [-0.05, 0) is 24.9 Å². The van der Waals surface area contributed by atoms with Gasteiger partial charge in [0.25, 0.3) is 0 Å². The largest absolute Gasteiger partial charge is 0.336 e. The molecule has 2 N–H and O–H groups in total. The summed E-state index contributed by atoms with van der Waals surface area (Å²) in [6, 6.07) is 1.77. The summed E-state index contributed by atoms with van der Waals surface area (Å²) >= 11 is 0. The summed E-state index contributed by atoms with van der Waals surface area (Å²) in [6.07, 6.45) is 6.10. The lowest BCUT2D eigenvalue weighted by Crippen LogP contribution is -2.40. The molecule has 0 aliphatic carbocycles. The van der Waals surface area contributed by atoms with Crippen LogP contribution in [-0.2, 0) is 26.7 Å². The number of carbonyl (C=O) groups is 1. The molecule has 1 aliphatic rings. The molecule has 2 amide bonds. The fourth-order valence-electron chi connectivity index (χ4n) is 3.61. The van der Waals surface area contributed by atoms with Crippen molar-refractivity contribution in [2.45, 2.75) is 59.3 Å².